The van der Waals surface area contributed by atoms with Gasteiger partial charge in [0.05, 0.1) is 0 Å². The fraction of sp³-hybridized carbons (Fsp3) is 0.440. The van der Waals surface area contributed by atoms with Crippen LogP contribution < -0.4 is 5.32 Å². The average molecular weight is 356 g/mol. The molecule has 0 aromatic heterocycles. The molecule has 0 fully saturated rings. The van der Waals surface area contributed by atoms with E-state index in [2.05, 4.69) is 62.7 Å². The summed E-state index contributed by atoms with van der Waals surface area (Å²) >= 11 is 0. The molecule has 1 nitrogen and oxygen atoms in total. The minimum Gasteiger partial charge on any atom is -0.319 e. The maximum atomic E-state index is 4.06. The van der Waals surface area contributed by atoms with Gasteiger partial charge in [-0.1, -0.05) is 83.4 Å². The monoisotopic (exact) mass is 355 g/mol. The van der Waals surface area contributed by atoms with Gasteiger partial charge in [0.1, 0.15) is 0 Å². The lowest BCUT2D eigenvalue weighted by Gasteiger charge is -2.13. The molecule has 146 valence electrons. The third-order valence-electron chi connectivity index (χ3n) is 3.83. The van der Waals surface area contributed by atoms with E-state index in [0.717, 1.165) is 25.8 Å². The van der Waals surface area contributed by atoms with E-state index in [0.29, 0.717) is 0 Å². The van der Waals surface area contributed by atoms with Crippen molar-refractivity contribution in [2.75, 3.05) is 13.6 Å². The van der Waals surface area contributed by atoms with Crippen LogP contribution in [0.5, 0.6) is 0 Å². The third-order valence-corrected chi connectivity index (χ3v) is 3.83. The first kappa shape index (κ1) is 26.4. The summed E-state index contributed by atoms with van der Waals surface area (Å²) in [4.78, 5) is 0. The molecule has 0 amide bonds. The fourth-order valence-corrected chi connectivity index (χ4v) is 2.80. The molecule has 1 aliphatic carbocycles. The molecule has 0 aromatic rings. The lowest BCUT2D eigenvalue weighted by Crippen LogP contribution is -2.06. The molecule has 1 rings (SSSR count). The first-order chi connectivity index (χ1) is 12.7. The summed E-state index contributed by atoms with van der Waals surface area (Å²) in [5, 5.41) is 3.21. The Bertz CT molecular complexity index is 551. The van der Waals surface area contributed by atoms with Crippen LogP contribution in [0.15, 0.2) is 83.6 Å². The van der Waals surface area contributed by atoms with Crippen LogP contribution in [0.4, 0.5) is 0 Å². The lowest BCUT2D eigenvalue weighted by molar-refractivity contribution is 0.806. The van der Waals surface area contributed by atoms with Crippen LogP contribution in [-0.2, 0) is 0 Å². The molecule has 0 unspecified atom stereocenters. The predicted molar refractivity (Wildman–Crippen MR) is 123 cm³/mol. The standard InChI is InChI=1S/C21H29N.2C2H6/c1-6-11-18-15-14-17(8-3)20(12-7-2)21(19(18)9-4)13-10-16-22-5;2*1-2/h6-9,11-13,22H,3-4,10,14-16H2,1-2,5H3;2*1-2H3/b11-6-,12-7-,21-13+;;. The first-order valence-electron chi connectivity index (χ1n) is 10.1. The van der Waals surface area contributed by atoms with E-state index in [1.165, 1.54) is 27.9 Å². The highest BCUT2D eigenvalue weighted by atomic mass is 14.8. The quantitative estimate of drug-likeness (QED) is 0.466. The van der Waals surface area contributed by atoms with Crippen molar-refractivity contribution >= 4 is 0 Å². The van der Waals surface area contributed by atoms with Crippen LogP contribution in [0, 0.1) is 0 Å². The Morgan fingerprint density at radius 1 is 0.846 bits per heavy atom. The minimum absolute atomic E-state index is 0.972. The van der Waals surface area contributed by atoms with Crippen molar-refractivity contribution in [1.29, 1.82) is 0 Å². The van der Waals surface area contributed by atoms with E-state index in [1.54, 1.807) is 0 Å². The maximum absolute atomic E-state index is 4.06. The molecule has 0 heterocycles. The highest BCUT2D eigenvalue weighted by Gasteiger charge is 2.17. The van der Waals surface area contributed by atoms with Crippen molar-refractivity contribution in [1.82, 2.24) is 5.32 Å². The molecule has 0 spiro atoms. The second kappa shape index (κ2) is 17.9. The molecule has 1 heteroatoms. The van der Waals surface area contributed by atoms with Crippen molar-refractivity contribution in [3.8, 4) is 0 Å². The molecule has 1 N–H and O–H groups in total. The first-order valence-corrected chi connectivity index (χ1v) is 10.1. The van der Waals surface area contributed by atoms with Crippen molar-refractivity contribution in [2.24, 2.45) is 0 Å². The largest absolute Gasteiger partial charge is 0.319 e. The molecule has 0 saturated carbocycles. The smallest absolute Gasteiger partial charge is 0.00169 e. The van der Waals surface area contributed by atoms with Gasteiger partial charge in [0, 0.05) is 0 Å². The van der Waals surface area contributed by atoms with Gasteiger partial charge in [-0.25, -0.2) is 0 Å². The van der Waals surface area contributed by atoms with Crippen molar-refractivity contribution in [3.05, 3.63) is 83.6 Å². The van der Waals surface area contributed by atoms with Crippen LogP contribution >= 0.6 is 0 Å². The summed E-state index contributed by atoms with van der Waals surface area (Å²) in [5.41, 5.74) is 6.48. The van der Waals surface area contributed by atoms with Crippen LogP contribution in [0.2, 0.25) is 0 Å². The normalized spacial score (nSPS) is 16.2. The van der Waals surface area contributed by atoms with Crippen molar-refractivity contribution in [2.45, 2.75) is 60.8 Å². The van der Waals surface area contributed by atoms with E-state index in [9.17, 15) is 0 Å². The Labute approximate surface area is 163 Å². The minimum atomic E-state index is 0.972. The summed E-state index contributed by atoms with van der Waals surface area (Å²) in [6.45, 7) is 21.2. The summed E-state index contributed by atoms with van der Waals surface area (Å²) in [6, 6.07) is 0. The third kappa shape index (κ3) is 8.49. The van der Waals surface area contributed by atoms with Gasteiger partial charge in [-0.2, -0.15) is 0 Å². The second-order valence-electron chi connectivity index (χ2n) is 5.30. The maximum Gasteiger partial charge on any atom is -0.00169 e. The molecule has 26 heavy (non-hydrogen) atoms. The van der Waals surface area contributed by atoms with Gasteiger partial charge in [-0.15, -0.1) is 0 Å². The molecule has 0 aromatic carbocycles. The van der Waals surface area contributed by atoms with E-state index in [-0.39, 0.29) is 0 Å². The van der Waals surface area contributed by atoms with Crippen LogP contribution in [-0.4, -0.2) is 13.6 Å². The molecule has 0 radical (unpaired) electrons. The Morgan fingerprint density at radius 3 is 1.88 bits per heavy atom. The van der Waals surface area contributed by atoms with Gasteiger partial charge >= 0.3 is 0 Å². The molecule has 0 bridgehead atoms. The Hall–Kier alpha value is -1.86. The van der Waals surface area contributed by atoms with Gasteiger partial charge < -0.3 is 5.32 Å². The highest BCUT2D eigenvalue weighted by molar-refractivity contribution is 5.63. The zero-order valence-electron chi connectivity index (χ0n) is 18.3. The number of hydrogen-bond acceptors (Lipinski definition) is 1. The Kier molecular flexibility index (Phi) is 18.2. The van der Waals surface area contributed by atoms with Crippen LogP contribution in [0.1, 0.15) is 60.8 Å². The van der Waals surface area contributed by atoms with Gasteiger partial charge in [0.2, 0.25) is 0 Å². The Balaban J connectivity index is 0. The second-order valence-corrected chi connectivity index (χ2v) is 5.30. The van der Waals surface area contributed by atoms with E-state index in [1.807, 2.05) is 46.9 Å². The van der Waals surface area contributed by atoms with E-state index >= 15 is 0 Å². The zero-order valence-corrected chi connectivity index (χ0v) is 18.3. The number of nitrogens with one attached hydrogen (secondary N) is 1. The van der Waals surface area contributed by atoms with Gasteiger partial charge in [0.25, 0.3) is 0 Å². The van der Waals surface area contributed by atoms with E-state index < -0.39 is 0 Å². The summed E-state index contributed by atoms with van der Waals surface area (Å²) < 4.78 is 0. The van der Waals surface area contributed by atoms with Crippen LogP contribution in [0.25, 0.3) is 0 Å². The van der Waals surface area contributed by atoms with Gasteiger partial charge in [-0.05, 0) is 74.6 Å². The molecule has 0 atom stereocenters. The topological polar surface area (TPSA) is 12.0 Å². The SMILES string of the molecule is C=CC1=C(/C=C\C)/C(=C/CCNC)C(C=C)=C(/C=C\C)CC1.CC.CC. The van der Waals surface area contributed by atoms with E-state index in [4.69, 9.17) is 0 Å². The van der Waals surface area contributed by atoms with Gasteiger partial charge in [0.15, 0.2) is 0 Å². The molecule has 0 aliphatic heterocycles. The summed E-state index contributed by atoms with van der Waals surface area (Å²) in [5.74, 6) is 0. The summed E-state index contributed by atoms with van der Waals surface area (Å²) in [6.07, 6.45) is 18.0. The fourth-order valence-electron chi connectivity index (χ4n) is 2.80. The number of hydrogen-bond donors (Lipinski definition) is 1. The Morgan fingerprint density at radius 2 is 1.42 bits per heavy atom. The average Bonchev–Trinajstić information content (AvgIpc) is 2.83. The van der Waals surface area contributed by atoms with Crippen LogP contribution in [0.3, 0.4) is 0 Å². The predicted octanol–water partition coefficient (Wildman–Crippen LogP) is 7.49. The van der Waals surface area contributed by atoms with Gasteiger partial charge in [-0.3, -0.25) is 0 Å². The summed E-state index contributed by atoms with van der Waals surface area (Å²) in [7, 11) is 1.99. The molecule has 1 aliphatic rings. The molecular formula is C25H41N. The lowest BCUT2D eigenvalue weighted by atomic mass is 9.91. The highest BCUT2D eigenvalue weighted by Crippen LogP contribution is 2.35. The number of rotatable bonds is 7. The van der Waals surface area contributed by atoms with Crippen molar-refractivity contribution in [3.63, 3.8) is 0 Å². The molecular weight excluding hydrogens is 314 g/mol. The zero-order chi connectivity index (χ0) is 20.4. The molecule has 0 saturated heterocycles. The number of allylic oxidation sites excluding steroid dienone is 11. The van der Waals surface area contributed by atoms with Crippen molar-refractivity contribution < 1.29 is 0 Å².